The van der Waals surface area contributed by atoms with Crippen molar-refractivity contribution >= 4 is 34.3 Å². The second-order valence-electron chi connectivity index (χ2n) is 5.37. The van der Waals surface area contributed by atoms with Gasteiger partial charge in [0.1, 0.15) is 5.60 Å². The van der Waals surface area contributed by atoms with Gasteiger partial charge in [-0.3, -0.25) is 9.59 Å². The SMILES string of the molecule is CC(C)(C)OC(=O)CCCC(=O)c1ccc(I)cc1. The van der Waals surface area contributed by atoms with Gasteiger partial charge in [-0.15, -0.1) is 0 Å². The molecule has 0 aromatic heterocycles. The molecule has 1 aromatic carbocycles. The zero-order valence-electron chi connectivity index (χ0n) is 11.5. The largest absolute Gasteiger partial charge is 0.460 e. The first-order valence-corrected chi connectivity index (χ1v) is 7.36. The molecule has 104 valence electrons. The number of esters is 1. The maximum absolute atomic E-state index is 11.9. The Balaban J connectivity index is 2.35. The Kier molecular flexibility index (Phi) is 5.97. The van der Waals surface area contributed by atoms with Crippen LogP contribution in [-0.4, -0.2) is 17.4 Å². The number of carbonyl (C=O) groups excluding carboxylic acids is 2. The highest BCUT2D eigenvalue weighted by molar-refractivity contribution is 14.1. The Hall–Kier alpha value is -0.910. The maximum atomic E-state index is 11.9. The summed E-state index contributed by atoms with van der Waals surface area (Å²) in [5, 5.41) is 0. The lowest BCUT2D eigenvalue weighted by Gasteiger charge is -2.19. The third-order valence-corrected chi connectivity index (χ3v) is 3.09. The van der Waals surface area contributed by atoms with Crippen LogP contribution in [0.3, 0.4) is 0 Å². The first-order valence-electron chi connectivity index (χ1n) is 6.28. The van der Waals surface area contributed by atoms with E-state index in [1.165, 1.54) is 0 Å². The van der Waals surface area contributed by atoms with Gasteiger partial charge in [-0.1, -0.05) is 12.1 Å². The van der Waals surface area contributed by atoms with E-state index >= 15 is 0 Å². The van der Waals surface area contributed by atoms with E-state index in [4.69, 9.17) is 4.74 Å². The second kappa shape index (κ2) is 7.03. The number of halogens is 1. The van der Waals surface area contributed by atoms with Crippen molar-refractivity contribution in [1.82, 2.24) is 0 Å². The highest BCUT2D eigenvalue weighted by atomic mass is 127. The van der Waals surface area contributed by atoms with Crippen LogP contribution >= 0.6 is 22.6 Å². The van der Waals surface area contributed by atoms with Gasteiger partial charge in [-0.05, 0) is 61.9 Å². The molecular formula is C15H19IO3. The van der Waals surface area contributed by atoms with Crippen LogP contribution in [0.2, 0.25) is 0 Å². The molecule has 1 rings (SSSR count). The minimum absolute atomic E-state index is 0.0694. The van der Waals surface area contributed by atoms with Crippen LogP contribution in [0.15, 0.2) is 24.3 Å². The number of carbonyl (C=O) groups is 2. The molecule has 0 atom stereocenters. The number of Topliss-reactive ketones (excluding diaryl/α,β-unsaturated/α-hetero) is 1. The number of hydrogen-bond donors (Lipinski definition) is 0. The molecular weight excluding hydrogens is 355 g/mol. The van der Waals surface area contributed by atoms with Crippen molar-refractivity contribution in [3.8, 4) is 0 Å². The molecule has 0 aliphatic heterocycles. The van der Waals surface area contributed by atoms with Crippen molar-refractivity contribution in [2.24, 2.45) is 0 Å². The third kappa shape index (κ3) is 6.71. The number of rotatable bonds is 5. The first-order chi connectivity index (χ1) is 8.78. The molecule has 0 fully saturated rings. The average Bonchev–Trinajstić information content (AvgIpc) is 2.27. The normalized spacial score (nSPS) is 11.2. The number of ketones is 1. The molecule has 0 amide bonds. The maximum Gasteiger partial charge on any atom is 0.306 e. The molecule has 19 heavy (non-hydrogen) atoms. The van der Waals surface area contributed by atoms with Crippen molar-refractivity contribution in [3.63, 3.8) is 0 Å². The van der Waals surface area contributed by atoms with Crippen LogP contribution in [0, 0.1) is 3.57 Å². The van der Waals surface area contributed by atoms with Crippen molar-refractivity contribution in [3.05, 3.63) is 33.4 Å². The summed E-state index contributed by atoms with van der Waals surface area (Å²) in [5.74, 6) is -0.178. The third-order valence-electron chi connectivity index (χ3n) is 2.37. The predicted molar refractivity (Wildman–Crippen MR) is 83.2 cm³/mol. The van der Waals surface area contributed by atoms with Gasteiger partial charge >= 0.3 is 5.97 Å². The molecule has 0 radical (unpaired) electrons. The summed E-state index contributed by atoms with van der Waals surface area (Å²) in [4.78, 5) is 23.4. The lowest BCUT2D eigenvalue weighted by molar-refractivity contribution is -0.154. The fraction of sp³-hybridized carbons (Fsp3) is 0.467. The summed E-state index contributed by atoms with van der Waals surface area (Å²) in [6.07, 6.45) is 1.19. The van der Waals surface area contributed by atoms with E-state index in [1.54, 1.807) is 0 Å². The van der Waals surface area contributed by atoms with Gasteiger partial charge in [0.25, 0.3) is 0 Å². The summed E-state index contributed by atoms with van der Waals surface area (Å²) < 4.78 is 6.29. The number of hydrogen-bond acceptors (Lipinski definition) is 3. The van der Waals surface area contributed by atoms with Gasteiger partial charge in [-0.2, -0.15) is 0 Å². The zero-order chi connectivity index (χ0) is 14.5. The first kappa shape index (κ1) is 16.1. The summed E-state index contributed by atoms with van der Waals surface area (Å²) >= 11 is 2.20. The van der Waals surface area contributed by atoms with E-state index in [1.807, 2.05) is 45.0 Å². The average molecular weight is 374 g/mol. The molecule has 0 aliphatic carbocycles. The quantitative estimate of drug-likeness (QED) is 0.445. The van der Waals surface area contributed by atoms with E-state index in [2.05, 4.69) is 22.6 Å². The summed E-state index contributed by atoms with van der Waals surface area (Å²) in [6, 6.07) is 7.44. The Bertz CT molecular complexity index is 443. The van der Waals surface area contributed by atoms with E-state index in [0.717, 1.165) is 3.57 Å². The van der Waals surface area contributed by atoms with E-state index in [9.17, 15) is 9.59 Å². The molecule has 0 heterocycles. The Morgan fingerprint density at radius 1 is 1.11 bits per heavy atom. The van der Waals surface area contributed by atoms with Crippen LogP contribution in [0.5, 0.6) is 0 Å². The highest BCUT2D eigenvalue weighted by Gasteiger charge is 2.16. The van der Waals surface area contributed by atoms with Crippen LogP contribution in [0.4, 0.5) is 0 Å². The minimum Gasteiger partial charge on any atom is -0.460 e. The summed E-state index contributed by atoms with van der Waals surface area (Å²) in [5.41, 5.74) is 0.238. The molecule has 4 heteroatoms. The lowest BCUT2D eigenvalue weighted by atomic mass is 10.1. The van der Waals surface area contributed by atoms with Crippen LogP contribution in [-0.2, 0) is 9.53 Å². The van der Waals surface area contributed by atoms with Crippen molar-refractivity contribution in [2.45, 2.75) is 45.6 Å². The minimum atomic E-state index is -0.461. The second-order valence-corrected chi connectivity index (χ2v) is 6.62. The van der Waals surface area contributed by atoms with Crippen molar-refractivity contribution in [1.29, 1.82) is 0 Å². The van der Waals surface area contributed by atoms with Crippen LogP contribution < -0.4 is 0 Å². The monoisotopic (exact) mass is 374 g/mol. The molecule has 0 N–H and O–H groups in total. The molecule has 0 saturated heterocycles. The molecule has 0 bridgehead atoms. The van der Waals surface area contributed by atoms with Gasteiger partial charge in [0.2, 0.25) is 0 Å². The van der Waals surface area contributed by atoms with E-state index in [-0.39, 0.29) is 18.2 Å². The van der Waals surface area contributed by atoms with E-state index in [0.29, 0.717) is 18.4 Å². The zero-order valence-corrected chi connectivity index (χ0v) is 13.7. The van der Waals surface area contributed by atoms with Gasteiger partial charge < -0.3 is 4.74 Å². The Morgan fingerprint density at radius 2 is 1.68 bits per heavy atom. The molecule has 0 spiro atoms. The van der Waals surface area contributed by atoms with Crippen molar-refractivity contribution < 1.29 is 14.3 Å². The van der Waals surface area contributed by atoms with Crippen LogP contribution in [0.25, 0.3) is 0 Å². The van der Waals surface area contributed by atoms with Crippen molar-refractivity contribution in [2.75, 3.05) is 0 Å². The highest BCUT2D eigenvalue weighted by Crippen LogP contribution is 2.13. The predicted octanol–water partition coefficient (Wildman–Crippen LogP) is 3.99. The Labute approximate surface area is 127 Å². The standard InChI is InChI=1S/C15H19IO3/c1-15(2,3)19-14(18)6-4-5-13(17)11-7-9-12(16)10-8-11/h7-10H,4-6H2,1-3H3. The molecule has 3 nitrogen and oxygen atoms in total. The molecule has 0 saturated carbocycles. The molecule has 0 unspecified atom stereocenters. The fourth-order valence-corrected chi connectivity index (χ4v) is 1.93. The lowest BCUT2D eigenvalue weighted by Crippen LogP contribution is -2.23. The van der Waals surface area contributed by atoms with E-state index < -0.39 is 5.60 Å². The summed E-state index contributed by atoms with van der Waals surface area (Å²) in [6.45, 7) is 5.50. The number of ether oxygens (including phenoxy) is 1. The van der Waals surface area contributed by atoms with Gasteiger partial charge in [0, 0.05) is 22.0 Å². The van der Waals surface area contributed by atoms with Gasteiger partial charge in [0.15, 0.2) is 5.78 Å². The molecule has 1 aromatic rings. The van der Waals surface area contributed by atoms with Gasteiger partial charge in [0.05, 0.1) is 0 Å². The Morgan fingerprint density at radius 3 is 2.21 bits per heavy atom. The topological polar surface area (TPSA) is 43.4 Å². The fourth-order valence-electron chi connectivity index (χ4n) is 1.57. The molecule has 0 aliphatic rings. The smallest absolute Gasteiger partial charge is 0.306 e. The summed E-state index contributed by atoms with van der Waals surface area (Å²) in [7, 11) is 0. The number of benzene rings is 1. The van der Waals surface area contributed by atoms with Gasteiger partial charge in [-0.25, -0.2) is 0 Å². The van der Waals surface area contributed by atoms with Crippen LogP contribution in [0.1, 0.15) is 50.4 Å².